The van der Waals surface area contributed by atoms with Crippen LogP contribution in [-0.2, 0) is 19.5 Å². The maximum atomic E-state index is 6.13. The van der Waals surface area contributed by atoms with Crippen molar-refractivity contribution in [2.24, 2.45) is 5.73 Å². The summed E-state index contributed by atoms with van der Waals surface area (Å²) in [5.41, 5.74) is 11.0. The number of benzene rings is 2. The van der Waals surface area contributed by atoms with Crippen LogP contribution in [0.4, 0.5) is 5.69 Å². The molecule has 3 rings (SSSR count). The van der Waals surface area contributed by atoms with Crippen LogP contribution in [0.25, 0.3) is 0 Å². The lowest BCUT2D eigenvalue weighted by Crippen LogP contribution is -2.31. The van der Waals surface area contributed by atoms with Gasteiger partial charge in [0.2, 0.25) is 0 Å². The zero-order chi connectivity index (χ0) is 13.2. The third kappa shape index (κ3) is 2.46. The molecule has 0 radical (unpaired) electrons. The van der Waals surface area contributed by atoms with Crippen molar-refractivity contribution in [3.8, 4) is 0 Å². The Kier molecular flexibility index (Phi) is 3.45. The van der Waals surface area contributed by atoms with Crippen molar-refractivity contribution < 1.29 is 0 Å². The number of rotatable bonds is 2. The molecule has 2 aromatic rings. The average Bonchev–Trinajstić information content (AvgIpc) is 2.46. The predicted octanol–water partition coefficient (Wildman–Crippen LogP) is 3.36. The van der Waals surface area contributed by atoms with E-state index in [4.69, 9.17) is 17.3 Å². The zero-order valence-electron chi connectivity index (χ0n) is 10.8. The van der Waals surface area contributed by atoms with E-state index >= 15 is 0 Å². The van der Waals surface area contributed by atoms with E-state index in [9.17, 15) is 0 Å². The summed E-state index contributed by atoms with van der Waals surface area (Å²) >= 11 is 6.13. The Morgan fingerprint density at radius 2 is 1.89 bits per heavy atom. The largest absolute Gasteiger partial charge is 0.367 e. The van der Waals surface area contributed by atoms with Gasteiger partial charge in [-0.15, -0.1) is 0 Å². The normalized spacial score (nSPS) is 14.3. The van der Waals surface area contributed by atoms with E-state index in [1.54, 1.807) is 0 Å². The molecule has 0 saturated carbocycles. The molecule has 2 aromatic carbocycles. The quantitative estimate of drug-likeness (QED) is 0.908. The van der Waals surface area contributed by atoms with Gasteiger partial charge in [0.25, 0.3) is 0 Å². The number of hydrogen-bond donors (Lipinski definition) is 1. The third-order valence-electron chi connectivity index (χ3n) is 3.74. The maximum absolute atomic E-state index is 6.13. The molecule has 2 N–H and O–H groups in total. The van der Waals surface area contributed by atoms with E-state index in [1.165, 1.54) is 16.8 Å². The summed E-state index contributed by atoms with van der Waals surface area (Å²) in [5.74, 6) is 0. The highest BCUT2D eigenvalue weighted by Gasteiger charge is 2.18. The molecule has 1 aliphatic heterocycles. The number of fused-ring (bicyclic) bond motifs is 1. The first kappa shape index (κ1) is 12.5. The van der Waals surface area contributed by atoms with Gasteiger partial charge in [0.15, 0.2) is 0 Å². The van der Waals surface area contributed by atoms with Crippen LogP contribution < -0.4 is 10.6 Å². The molecule has 98 valence electrons. The first-order valence-electron chi connectivity index (χ1n) is 6.58. The molecule has 2 nitrogen and oxygen atoms in total. The van der Waals surface area contributed by atoms with Crippen LogP contribution in [0.2, 0.25) is 5.02 Å². The van der Waals surface area contributed by atoms with Crippen molar-refractivity contribution >= 4 is 17.3 Å². The lowest BCUT2D eigenvalue weighted by molar-refractivity contribution is 0.727. The fraction of sp³-hybridized carbons (Fsp3) is 0.250. The predicted molar refractivity (Wildman–Crippen MR) is 80.5 cm³/mol. The molecule has 0 bridgehead atoms. The van der Waals surface area contributed by atoms with Gasteiger partial charge in [-0.2, -0.15) is 0 Å². The summed E-state index contributed by atoms with van der Waals surface area (Å²) in [7, 11) is 0. The fourth-order valence-electron chi connectivity index (χ4n) is 2.71. The molecule has 1 heterocycles. The van der Waals surface area contributed by atoms with Crippen LogP contribution in [-0.4, -0.2) is 6.54 Å². The van der Waals surface area contributed by atoms with Crippen molar-refractivity contribution in [2.45, 2.75) is 19.5 Å². The molecule has 1 aliphatic rings. The lowest BCUT2D eigenvalue weighted by atomic mass is 9.99. The SMILES string of the molecule is NCc1ccc(Cl)cc1N1CCc2ccccc2C1. The summed E-state index contributed by atoms with van der Waals surface area (Å²) < 4.78 is 0. The van der Waals surface area contributed by atoms with Gasteiger partial charge in [-0.25, -0.2) is 0 Å². The Hall–Kier alpha value is -1.51. The molecule has 0 aromatic heterocycles. The molecule has 0 fully saturated rings. The molecular formula is C16H17ClN2. The van der Waals surface area contributed by atoms with Gasteiger partial charge in [0.1, 0.15) is 0 Å². The molecule has 3 heteroatoms. The van der Waals surface area contributed by atoms with Crippen LogP contribution in [0.15, 0.2) is 42.5 Å². The summed E-state index contributed by atoms with van der Waals surface area (Å²) in [5, 5.41) is 0.769. The van der Waals surface area contributed by atoms with Crippen molar-refractivity contribution in [3.05, 3.63) is 64.2 Å². The van der Waals surface area contributed by atoms with Crippen LogP contribution in [0.3, 0.4) is 0 Å². The van der Waals surface area contributed by atoms with E-state index in [2.05, 4.69) is 29.2 Å². The van der Waals surface area contributed by atoms with Crippen LogP contribution >= 0.6 is 11.6 Å². The monoisotopic (exact) mass is 272 g/mol. The van der Waals surface area contributed by atoms with Gasteiger partial charge in [0, 0.05) is 30.3 Å². The Morgan fingerprint density at radius 1 is 1.11 bits per heavy atom. The number of nitrogens with zero attached hydrogens (tertiary/aromatic N) is 1. The molecular weight excluding hydrogens is 256 g/mol. The minimum absolute atomic E-state index is 0.546. The second-order valence-electron chi connectivity index (χ2n) is 4.92. The number of anilines is 1. The van der Waals surface area contributed by atoms with Crippen LogP contribution in [0.5, 0.6) is 0 Å². The molecule has 0 spiro atoms. The van der Waals surface area contributed by atoms with Crippen molar-refractivity contribution in [2.75, 3.05) is 11.4 Å². The average molecular weight is 273 g/mol. The van der Waals surface area contributed by atoms with E-state index < -0.39 is 0 Å². The van der Waals surface area contributed by atoms with Crippen LogP contribution in [0.1, 0.15) is 16.7 Å². The number of nitrogens with two attached hydrogens (primary N) is 1. The first-order valence-corrected chi connectivity index (χ1v) is 6.96. The molecule has 0 saturated heterocycles. The summed E-state index contributed by atoms with van der Waals surface area (Å²) in [6, 6.07) is 14.6. The van der Waals surface area contributed by atoms with Crippen LogP contribution in [0, 0.1) is 0 Å². The first-order chi connectivity index (χ1) is 9.28. The summed E-state index contributed by atoms with van der Waals surface area (Å²) in [4.78, 5) is 2.37. The molecule has 0 amide bonds. The molecule has 0 aliphatic carbocycles. The zero-order valence-corrected chi connectivity index (χ0v) is 11.5. The summed E-state index contributed by atoms with van der Waals surface area (Å²) in [6.07, 6.45) is 1.08. The van der Waals surface area contributed by atoms with Crippen molar-refractivity contribution in [1.82, 2.24) is 0 Å². The maximum Gasteiger partial charge on any atom is 0.0432 e. The Morgan fingerprint density at radius 3 is 2.68 bits per heavy atom. The topological polar surface area (TPSA) is 29.3 Å². The summed E-state index contributed by atoms with van der Waals surface area (Å²) in [6.45, 7) is 2.50. The number of halogens is 1. The Bertz CT molecular complexity index is 595. The minimum atomic E-state index is 0.546. The highest BCUT2D eigenvalue weighted by molar-refractivity contribution is 6.30. The van der Waals surface area contributed by atoms with E-state index in [0.29, 0.717) is 6.54 Å². The van der Waals surface area contributed by atoms with Gasteiger partial charge < -0.3 is 10.6 Å². The second kappa shape index (κ2) is 5.24. The second-order valence-corrected chi connectivity index (χ2v) is 5.35. The van der Waals surface area contributed by atoms with E-state index in [1.807, 2.05) is 18.2 Å². The van der Waals surface area contributed by atoms with E-state index in [0.717, 1.165) is 30.1 Å². The smallest absolute Gasteiger partial charge is 0.0432 e. The highest BCUT2D eigenvalue weighted by Crippen LogP contribution is 2.29. The van der Waals surface area contributed by atoms with Crippen molar-refractivity contribution in [3.63, 3.8) is 0 Å². The third-order valence-corrected chi connectivity index (χ3v) is 3.97. The van der Waals surface area contributed by atoms with Gasteiger partial charge in [-0.3, -0.25) is 0 Å². The standard InChI is InChI=1S/C16H17ClN2/c17-15-6-5-13(10-18)16(9-15)19-8-7-12-3-1-2-4-14(12)11-19/h1-6,9H,7-8,10-11,18H2. The van der Waals surface area contributed by atoms with Gasteiger partial charge in [-0.1, -0.05) is 41.9 Å². The molecule has 0 atom stereocenters. The van der Waals surface area contributed by atoms with Crippen molar-refractivity contribution in [1.29, 1.82) is 0 Å². The Labute approximate surface area is 118 Å². The highest BCUT2D eigenvalue weighted by atomic mass is 35.5. The molecule has 0 unspecified atom stereocenters. The van der Waals surface area contributed by atoms with Gasteiger partial charge in [0.05, 0.1) is 0 Å². The van der Waals surface area contributed by atoms with E-state index in [-0.39, 0.29) is 0 Å². The molecule has 19 heavy (non-hydrogen) atoms. The minimum Gasteiger partial charge on any atom is -0.367 e. The number of hydrogen-bond acceptors (Lipinski definition) is 2. The van der Waals surface area contributed by atoms with Gasteiger partial charge in [-0.05, 0) is 35.2 Å². The fourth-order valence-corrected chi connectivity index (χ4v) is 2.87. The lowest BCUT2D eigenvalue weighted by Gasteiger charge is -2.32. The Balaban J connectivity index is 1.95. The van der Waals surface area contributed by atoms with Gasteiger partial charge >= 0.3 is 0 Å².